The van der Waals surface area contributed by atoms with Crippen LogP contribution in [0, 0.1) is 35.5 Å². The van der Waals surface area contributed by atoms with E-state index < -0.39 is 0 Å². The third-order valence-electron chi connectivity index (χ3n) is 16.3. The maximum atomic E-state index is 6.95. The van der Waals surface area contributed by atoms with E-state index in [1.165, 1.54) is 77.0 Å². The van der Waals surface area contributed by atoms with Gasteiger partial charge in [-0.15, -0.1) is 0 Å². The van der Waals surface area contributed by atoms with Crippen LogP contribution in [0.25, 0.3) is 0 Å². The summed E-state index contributed by atoms with van der Waals surface area (Å²) in [5, 5.41) is 0. The predicted molar refractivity (Wildman–Crippen MR) is 186 cm³/mol. The third-order valence-corrected chi connectivity index (χ3v) is 16.3. The van der Waals surface area contributed by atoms with E-state index in [4.69, 9.17) is 9.47 Å². The molecule has 4 heterocycles. The lowest BCUT2D eigenvalue weighted by molar-refractivity contribution is -0.120. The molecule has 0 radical (unpaired) electrons. The minimum absolute atomic E-state index is 0.143. The van der Waals surface area contributed by atoms with Crippen molar-refractivity contribution in [1.29, 1.82) is 0 Å². The van der Waals surface area contributed by atoms with E-state index in [0.717, 1.165) is 77.7 Å². The topological polar surface area (TPSA) is 24.9 Å². The zero-order valence-electron chi connectivity index (χ0n) is 28.0. The highest BCUT2D eigenvalue weighted by molar-refractivity contribution is 6.76. The minimum Gasteiger partial charge on any atom is -0.483 e. The number of nitrogens with zero attached hydrogens (tertiary/aromatic N) is 2. The molecular weight excluding hydrogens is 575 g/mol. The first-order valence-electron chi connectivity index (χ1n) is 20.1. The van der Waals surface area contributed by atoms with Crippen LogP contribution in [-0.2, 0) is 0 Å². The van der Waals surface area contributed by atoms with E-state index in [2.05, 4.69) is 64.4 Å². The number of ether oxygens (including phenoxy) is 2. The zero-order valence-corrected chi connectivity index (χ0v) is 28.0. The second kappa shape index (κ2) is 10.0. The van der Waals surface area contributed by atoms with Crippen molar-refractivity contribution < 1.29 is 9.47 Å². The Morgan fingerprint density at radius 1 is 0.596 bits per heavy atom. The Morgan fingerprint density at radius 3 is 2.21 bits per heavy atom. The van der Waals surface area contributed by atoms with Crippen LogP contribution in [0.2, 0.25) is 11.6 Å². The van der Waals surface area contributed by atoms with Crippen molar-refractivity contribution in [1.82, 2.24) is 9.80 Å². The van der Waals surface area contributed by atoms with E-state index in [-0.39, 0.29) is 12.2 Å². The molecular formula is C42H51BN2O2. The standard InChI is InChI=1S/C42H51BN2O2/c1-2-11-25(12-3-1)43-29-21-20-24-10-8-16-31-38(24)41(29)45(33-23-37-36(22-30(33)43)46-34-18-6-7-19-35(34)47-37)42-40-28-14-5-4-13-26(28)27-15-9-17-32(39(27)40)44(31)42/h1-3,6-7,11-12,18-19,24,26-33,36-39,41H,4-5,8-10,13-17,20-23H2. The molecule has 0 N–H and O–H groups in total. The van der Waals surface area contributed by atoms with E-state index in [0.29, 0.717) is 24.6 Å². The van der Waals surface area contributed by atoms with Gasteiger partial charge in [0.1, 0.15) is 18.0 Å². The SMILES string of the molecule is c1ccc(B2C3CC4Oc5ccccc5OC4CC3N3C4=C5C6CCCCC6C6CCCC(C56)N4C4CCCC5CCC2C3C54)cc1. The molecule has 14 atom stereocenters. The number of para-hydroxylation sites is 2. The quantitative estimate of drug-likeness (QED) is 0.301. The van der Waals surface area contributed by atoms with E-state index in [1.54, 1.807) is 5.46 Å². The molecule has 12 rings (SSSR count). The smallest absolute Gasteiger partial charge is 0.186 e. The van der Waals surface area contributed by atoms with Crippen LogP contribution < -0.4 is 14.9 Å². The first kappa shape index (κ1) is 27.3. The maximum absolute atomic E-state index is 6.95. The van der Waals surface area contributed by atoms with Gasteiger partial charge in [-0.25, -0.2) is 0 Å². The summed E-state index contributed by atoms with van der Waals surface area (Å²) in [5.74, 6) is 10.5. The van der Waals surface area contributed by atoms with Crippen molar-refractivity contribution in [3.63, 3.8) is 0 Å². The number of fused-ring (bicyclic) bond motifs is 11. The molecule has 4 aliphatic heterocycles. The number of benzene rings is 2. The van der Waals surface area contributed by atoms with Crippen molar-refractivity contribution in [3.8, 4) is 11.5 Å². The van der Waals surface area contributed by atoms with Crippen molar-refractivity contribution in [2.24, 2.45) is 35.5 Å². The van der Waals surface area contributed by atoms with Crippen LogP contribution in [0.4, 0.5) is 0 Å². The van der Waals surface area contributed by atoms with Gasteiger partial charge in [-0.2, -0.15) is 0 Å². The Morgan fingerprint density at radius 2 is 1.34 bits per heavy atom. The van der Waals surface area contributed by atoms with Crippen LogP contribution in [0.3, 0.4) is 0 Å². The fraction of sp³-hybridized carbons (Fsp3) is 0.667. The molecule has 2 saturated heterocycles. The molecule has 0 amide bonds. The van der Waals surface area contributed by atoms with Gasteiger partial charge in [0.2, 0.25) is 0 Å². The second-order valence-corrected chi connectivity index (χ2v) is 17.8. The highest BCUT2D eigenvalue weighted by atomic mass is 16.6. The summed E-state index contributed by atoms with van der Waals surface area (Å²) in [5.41, 5.74) is 3.63. The van der Waals surface area contributed by atoms with Gasteiger partial charge in [0, 0.05) is 42.4 Å². The molecule has 0 aromatic heterocycles. The number of rotatable bonds is 1. The molecule has 2 aromatic carbocycles. The molecule has 8 fully saturated rings. The van der Waals surface area contributed by atoms with Gasteiger partial charge < -0.3 is 19.3 Å². The highest BCUT2D eigenvalue weighted by Gasteiger charge is 2.69. The molecule has 5 heteroatoms. The van der Waals surface area contributed by atoms with Gasteiger partial charge >= 0.3 is 0 Å². The van der Waals surface area contributed by atoms with E-state index >= 15 is 0 Å². The summed E-state index contributed by atoms with van der Waals surface area (Å²) < 4.78 is 13.8. The van der Waals surface area contributed by atoms with Crippen molar-refractivity contribution in [2.75, 3.05) is 0 Å². The van der Waals surface area contributed by atoms with Gasteiger partial charge in [0.05, 0.1) is 0 Å². The fourth-order valence-electron chi connectivity index (χ4n) is 15.2. The Balaban J connectivity index is 1.06. The monoisotopic (exact) mass is 626 g/mol. The summed E-state index contributed by atoms with van der Waals surface area (Å²) in [7, 11) is 0. The van der Waals surface area contributed by atoms with E-state index in [9.17, 15) is 0 Å². The van der Waals surface area contributed by atoms with Crippen LogP contribution in [0.1, 0.15) is 89.9 Å². The Kier molecular flexibility index (Phi) is 5.81. The molecule has 10 aliphatic rings. The summed E-state index contributed by atoms with van der Waals surface area (Å²) >= 11 is 0. The summed E-state index contributed by atoms with van der Waals surface area (Å²) in [6.07, 6.45) is 20.1. The largest absolute Gasteiger partial charge is 0.483 e. The van der Waals surface area contributed by atoms with Crippen molar-refractivity contribution in [2.45, 2.75) is 138 Å². The van der Waals surface area contributed by atoms with Gasteiger partial charge in [0.15, 0.2) is 18.2 Å². The number of hydrogen-bond acceptors (Lipinski definition) is 4. The summed E-state index contributed by atoms with van der Waals surface area (Å²) in [6, 6.07) is 23.1. The lowest BCUT2D eigenvalue weighted by atomic mass is 9.23. The van der Waals surface area contributed by atoms with Crippen LogP contribution >= 0.6 is 0 Å². The van der Waals surface area contributed by atoms with Gasteiger partial charge in [-0.05, 0) is 98.0 Å². The molecule has 0 spiro atoms. The molecule has 6 aliphatic carbocycles. The average molecular weight is 627 g/mol. The first-order chi connectivity index (χ1) is 23.3. The van der Waals surface area contributed by atoms with Crippen LogP contribution in [-0.4, -0.2) is 52.9 Å². The van der Waals surface area contributed by atoms with E-state index in [1.807, 2.05) is 11.4 Å². The Labute approximate surface area is 281 Å². The van der Waals surface area contributed by atoms with Crippen molar-refractivity contribution in [3.05, 3.63) is 66.0 Å². The van der Waals surface area contributed by atoms with Gasteiger partial charge in [0.25, 0.3) is 0 Å². The lowest BCUT2D eigenvalue weighted by Gasteiger charge is -2.69. The molecule has 244 valence electrons. The molecule has 4 nitrogen and oxygen atoms in total. The van der Waals surface area contributed by atoms with Crippen LogP contribution in [0.15, 0.2) is 66.0 Å². The normalized spacial score (nSPS) is 46.5. The predicted octanol–water partition coefficient (Wildman–Crippen LogP) is 7.91. The second-order valence-electron chi connectivity index (χ2n) is 17.8. The maximum Gasteiger partial charge on any atom is 0.186 e. The van der Waals surface area contributed by atoms with Gasteiger partial charge in [-0.3, -0.25) is 0 Å². The van der Waals surface area contributed by atoms with Crippen LogP contribution in [0.5, 0.6) is 11.5 Å². The molecule has 14 unspecified atom stereocenters. The van der Waals surface area contributed by atoms with Crippen molar-refractivity contribution >= 4 is 12.2 Å². The highest BCUT2D eigenvalue weighted by Crippen LogP contribution is 2.68. The average Bonchev–Trinajstić information content (AvgIpc) is 3.65. The fourth-order valence-corrected chi connectivity index (χ4v) is 15.2. The molecule has 0 bridgehead atoms. The minimum atomic E-state index is 0.143. The molecule has 6 saturated carbocycles. The number of hydrogen-bond donors (Lipinski definition) is 0. The van der Waals surface area contributed by atoms with Gasteiger partial charge in [-0.1, -0.05) is 86.5 Å². The molecule has 47 heavy (non-hydrogen) atoms. The first-order valence-corrected chi connectivity index (χ1v) is 20.1. The Bertz CT molecular complexity index is 1610. The summed E-state index contributed by atoms with van der Waals surface area (Å²) in [6.45, 7) is 0.618. The summed E-state index contributed by atoms with van der Waals surface area (Å²) in [4.78, 5) is 6.52. The lowest BCUT2D eigenvalue weighted by Crippen LogP contribution is -2.74. The Hall–Kier alpha value is -2.56. The molecule has 2 aromatic rings. The third kappa shape index (κ3) is 3.58. The zero-order chi connectivity index (χ0) is 30.4.